The Labute approximate surface area is 182 Å². The molecule has 32 heavy (non-hydrogen) atoms. The van der Waals surface area contributed by atoms with Crippen LogP contribution in [0.1, 0.15) is 29.3 Å². The van der Waals surface area contributed by atoms with Gasteiger partial charge in [0.05, 0.1) is 10.9 Å². The van der Waals surface area contributed by atoms with Crippen LogP contribution in [0.3, 0.4) is 0 Å². The minimum Gasteiger partial charge on any atom is -0.454 e. The lowest BCUT2D eigenvalue weighted by atomic mass is 10.1. The molecule has 0 spiro atoms. The maximum absolute atomic E-state index is 13.1. The highest BCUT2D eigenvalue weighted by Gasteiger charge is 2.18. The van der Waals surface area contributed by atoms with Crippen molar-refractivity contribution in [2.45, 2.75) is 26.4 Å². The van der Waals surface area contributed by atoms with Gasteiger partial charge in [-0.05, 0) is 42.3 Å². The largest absolute Gasteiger partial charge is 0.454 e. The fourth-order valence-corrected chi connectivity index (χ4v) is 3.83. The van der Waals surface area contributed by atoms with Crippen molar-refractivity contribution < 1.29 is 14.3 Å². The van der Waals surface area contributed by atoms with E-state index in [4.69, 9.17) is 14.9 Å². The van der Waals surface area contributed by atoms with Crippen LogP contribution in [0, 0.1) is 5.41 Å². The average Bonchev–Trinajstić information content (AvgIpc) is 3.27. The first-order valence-electron chi connectivity index (χ1n) is 10.3. The minimum absolute atomic E-state index is 0.0229. The minimum atomic E-state index is -0.433. The number of benzene rings is 1. The summed E-state index contributed by atoms with van der Waals surface area (Å²) in [7, 11) is 0. The van der Waals surface area contributed by atoms with E-state index in [1.165, 1.54) is 10.5 Å². The van der Waals surface area contributed by atoms with Gasteiger partial charge in [-0.25, -0.2) is 4.98 Å². The van der Waals surface area contributed by atoms with Gasteiger partial charge in [0.25, 0.3) is 11.5 Å². The van der Waals surface area contributed by atoms with Gasteiger partial charge in [-0.2, -0.15) is 0 Å². The maximum atomic E-state index is 13.1. The van der Waals surface area contributed by atoms with Gasteiger partial charge < -0.3 is 19.4 Å². The second-order valence-corrected chi connectivity index (χ2v) is 7.51. The molecule has 2 N–H and O–H groups in total. The Morgan fingerprint density at radius 2 is 2.03 bits per heavy atom. The maximum Gasteiger partial charge on any atom is 0.267 e. The van der Waals surface area contributed by atoms with Gasteiger partial charge in [-0.15, -0.1) is 0 Å². The van der Waals surface area contributed by atoms with Crippen molar-refractivity contribution in [1.82, 2.24) is 19.3 Å². The molecule has 0 saturated carbocycles. The second-order valence-electron chi connectivity index (χ2n) is 7.51. The van der Waals surface area contributed by atoms with Crippen LogP contribution in [0.4, 0.5) is 0 Å². The molecule has 9 heteroatoms. The average molecular weight is 431 g/mol. The zero-order chi connectivity index (χ0) is 22.2. The summed E-state index contributed by atoms with van der Waals surface area (Å²) in [4.78, 5) is 30.7. The first-order valence-corrected chi connectivity index (χ1v) is 10.3. The zero-order valence-corrected chi connectivity index (χ0v) is 17.4. The Balaban J connectivity index is 1.55. The van der Waals surface area contributed by atoms with E-state index in [1.54, 1.807) is 35.0 Å². The Bertz CT molecular complexity index is 1490. The number of rotatable bonds is 5. The molecule has 162 valence electrons. The summed E-state index contributed by atoms with van der Waals surface area (Å²) >= 11 is 0. The van der Waals surface area contributed by atoms with Crippen LogP contribution in [-0.4, -0.2) is 26.7 Å². The number of carbonyl (C=O) groups excluding carboxylic acids is 1. The highest BCUT2D eigenvalue weighted by Crippen LogP contribution is 2.32. The van der Waals surface area contributed by atoms with E-state index in [-0.39, 0.29) is 29.9 Å². The molecule has 4 heterocycles. The van der Waals surface area contributed by atoms with Crippen LogP contribution < -0.4 is 25.8 Å². The standard InChI is InChI=1S/C23H21N5O4/c1-2-8-28-20(24)15(11-16-21(28)26-19-5-3-4-9-27(19)23(16)30)22(29)25-12-14-6-7-17-18(10-14)32-13-31-17/h3-7,9-11,24H,2,8,12-13H2,1H3,(H,25,29). The van der Waals surface area contributed by atoms with E-state index in [1.807, 2.05) is 19.1 Å². The molecule has 0 atom stereocenters. The van der Waals surface area contributed by atoms with Gasteiger partial charge in [0.15, 0.2) is 11.5 Å². The Kier molecular flexibility index (Phi) is 4.85. The summed E-state index contributed by atoms with van der Waals surface area (Å²) in [6.07, 6.45) is 2.37. The number of carbonyl (C=O) groups is 1. The third-order valence-corrected chi connectivity index (χ3v) is 5.40. The molecule has 3 aromatic heterocycles. The fourth-order valence-electron chi connectivity index (χ4n) is 3.83. The number of fused-ring (bicyclic) bond motifs is 3. The lowest BCUT2D eigenvalue weighted by molar-refractivity contribution is 0.0948. The molecule has 0 unspecified atom stereocenters. The number of hydrogen-bond donors (Lipinski definition) is 2. The third kappa shape index (κ3) is 3.27. The van der Waals surface area contributed by atoms with E-state index in [0.29, 0.717) is 34.7 Å². The van der Waals surface area contributed by atoms with Crippen LogP contribution in [0.2, 0.25) is 0 Å². The van der Waals surface area contributed by atoms with Gasteiger partial charge >= 0.3 is 0 Å². The van der Waals surface area contributed by atoms with Crippen LogP contribution in [0.25, 0.3) is 16.7 Å². The van der Waals surface area contributed by atoms with Crippen molar-refractivity contribution in [1.29, 1.82) is 5.41 Å². The first-order chi connectivity index (χ1) is 15.6. The van der Waals surface area contributed by atoms with Gasteiger partial charge in [-0.3, -0.25) is 19.4 Å². The molecule has 0 aliphatic carbocycles. The van der Waals surface area contributed by atoms with E-state index in [0.717, 1.165) is 12.0 Å². The lowest BCUT2D eigenvalue weighted by Crippen LogP contribution is -2.34. The van der Waals surface area contributed by atoms with Gasteiger partial charge in [0, 0.05) is 19.3 Å². The summed E-state index contributed by atoms with van der Waals surface area (Å²) in [5.41, 5.74) is 1.61. The number of ether oxygens (including phenoxy) is 2. The predicted octanol–water partition coefficient (Wildman–Crippen LogP) is 2.20. The van der Waals surface area contributed by atoms with Crippen molar-refractivity contribution in [2.24, 2.45) is 0 Å². The number of pyridine rings is 2. The highest BCUT2D eigenvalue weighted by atomic mass is 16.7. The SMILES string of the molecule is CCCn1c(=N)c(C(=O)NCc2ccc3c(c2)OCO3)cc2c(=O)n3ccccc3nc21. The third-order valence-electron chi connectivity index (χ3n) is 5.40. The van der Waals surface area contributed by atoms with Crippen LogP contribution in [0.15, 0.2) is 53.5 Å². The van der Waals surface area contributed by atoms with Gasteiger partial charge in [0.2, 0.25) is 6.79 Å². The van der Waals surface area contributed by atoms with Crippen molar-refractivity contribution >= 4 is 22.6 Å². The van der Waals surface area contributed by atoms with Crippen LogP contribution in [0.5, 0.6) is 11.5 Å². The highest BCUT2D eigenvalue weighted by molar-refractivity contribution is 5.96. The van der Waals surface area contributed by atoms with E-state index >= 15 is 0 Å². The molecule has 1 amide bonds. The molecule has 5 rings (SSSR count). The Hall–Kier alpha value is -4.14. The van der Waals surface area contributed by atoms with Crippen LogP contribution >= 0.6 is 0 Å². The monoisotopic (exact) mass is 431 g/mol. The van der Waals surface area contributed by atoms with E-state index in [2.05, 4.69) is 10.3 Å². The Morgan fingerprint density at radius 3 is 2.88 bits per heavy atom. The van der Waals surface area contributed by atoms with Crippen molar-refractivity contribution in [2.75, 3.05) is 6.79 Å². The topological polar surface area (TPSA) is 111 Å². The fraction of sp³-hybridized carbons (Fsp3) is 0.217. The molecule has 0 bridgehead atoms. The normalized spacial score (nSPS) is 12.4. The molecule has 1 aliphatic rings. The summed E-state index contributed by atoms with van der Waals surface area (Å²) in [5, 5.41) is 11.8. The molecule has 4 aromatic rings. The molecule has 0 radical (unpaired) electrons. The van der Waals surface area contributed by atoms with Gasteiger partial charge in [0.1, 0.15) is 16.8 Å². The molecular formula is C23H21N5O4. The van der Waals surface area contributed by atoms with Crippen molar-refractivity contribution in [3.8, 4) is 11.5 Å². The smallest absolute Gasteiger partial charge is 0.267 e. The summed E-state index contributed by atoms with van der Waals surface area (Å²) in [6, 6.07) is 12.2. The lowest BCUT2D eigenvalue weighted by Gasteiger charge is -2.14. The van der Waals surface area contributed by atoms with Crippen LogP contribution in [-0.2, 0) is 13.1 Å². The summed E-state index contributed by atoms with van der Waals surface area (Å²) < 4.78 is 13.8. The number of aromatic nitrogens is 3. The second kappa shape index (κ2) is 7.84. The number of hydrogen-bond acceptors (Lipinski definition) is 6. The Morgan fingerprint density at radius 1 is 1.19 bits per heavy atom. The molecule has 1 aliphatic heterocycles. The molecule has 1 aromatic carbocycles. The number of amides is 1. The van der Waals surface area contributed by atoms with E-state index < -0.39 is 5.91 Å². The number of nitrogens with zero attached hydrogens (tertiary/aromatic N) is 3. The summed E-state index contributed by atoms with van der Waals surface area (Å²) in [5.74, 6) is 0.872. The molecule has 0 saturated heterocycles. The first kappa shape index (κ1) is 19.8. The van der Waals surface area contributed by atoms with E-state index in [9.17, 15) is 9.59 Å². The quantitative estimate of drug-likeness (QED) is 0.471. The molecule has 0 fully saturated rings. The molecule has 9 nitrogen and oxygen atoms in total. The number of aryl methyl sites for hydroxylation is 1. The predicted molar refractivity (Wildman–Crippen MR) is 117 cm³/mol. The molecular weight excluding hydrogens is 410 g/mol. The zero-order valence-electron chi connectivity index (χ0n) is 17.4. The van der Waals surface area contributed by atoms with Crippen molar-refractivity contribution in [3.05, 3.63) is 75.6 Å². The summed E-state index contributed by atoms with van der Waals surface area (Å²) in [6.45, 7) is 2.86. The van der Waals surface area contributed by atoms with Crippen molar-refractivity contribution in [3.63, 3.8) is 0 Å². The van der Waals surface area contributed by atoms with Gasteiger partial charge in [-0.1, -0.05) is 19.1 Å². The number of nitrogens with one attached hydrogen (secondary N) is 2.